The first kappa shape index (κ1) is 22.5. The highest BCUT2D eigenvalue weighted by Crippen LogP contribution is 2.42. The Morgan fingerprint density at radius 3 is 2.36 bits per heavy atom. The van der Waals surface area contributed by atoms with Gasteiger partial charge in [0.15, 0.2) is 11.5 Å². The van der Waals surface area contributed by atoms with Crippen molar-refractivity contribution in [1.82, 2.24) is 0 Å². The first-order valence-electron chi connectivity index (χ1n) is 9.50. The van der Waals surface area contributed by atoms with E-state index in [1.807, 2.05) is 19.1 Å². The molecule has 0 amide bonds. The van der Waals surface area contributed by atoms with E-state index in [9.17, 15) is 5.26 Å². The molecule has 0 aliphatic heterocycles. The zero-order valence-corrected chi connectivity index (χ0v) is 18.6. The number of benzene rings is 2. The molecule has 28 heavy (non-hydrogen) atoms. The predicted molar refractivity (Wildman–Crippen MR) is 118 cm³/mol. The van der Waals surface area contributed by atoms with Gasteiger partial charge in [-0.05, 0) is 56.9 Å². The number of nitrogens with zero attached hydrogens (tertiary/aromatic N) is 1. The van der Waals surface area contributed by atoms with E-state index in [2.05, 4.69) is 37.3 Å². The van der Waals surface area contributed by atoms with Gasteiger partial charge in [-0.25, -0.2) is 0 Å². The largest absolute Gasteiger partial charge is 0.493 e. The Hall–Kier alpha value is -1.83. The molecule has 3 nitrogen and oxygen atoms in total. The van der Waals surface area contributed by atoms with E-state index in [0.717, 1.165) is 47.5 Å². The highest BCUT2D eigenvalue weighted by atomic mass is 35.5. The number of nitriles is 1. The van der Waals surface area contributed by atoms with Crippen LogP contribution in [0.25, 0.3) is 0 Å². The summed E-state index contributed by atoms with van der Waals surface area (Å²) in [6, 6.07) is 14.6. The first-order valence-corrected chi connectivity index (χ1v) is 10.8. The first-order chi connectivity index (χ1) is 13.5. The molecule has 150 valence electrons. The fraction of sp³-hybridized carbons (Fsp3) is 0.435. The number of halogens is 1. The van der Waals surface area contributed by atoms with E-state index < -0.39 is 0 Å². The van der Waals surface area contributed by atoms with Crippen LogP contribution in [0.4, 0.5) is 0 Å². The molecule has 2 aromatic carbocycles. The molecule has 0 heterocycles. The van der Waals surface area contributed by atoms with Gasteiger partial charge in [-0.3, -0.25) is 0 Å². The van der Waals surface area contributed by atoms with Crippen molar-refractivity contribution in [1.29, 1.82) is 5.26 Å². The summed E-state index contributed by atoms with van der Waals surface area (Å²) in [5.41, 5.74) is 3.25. The van der Waals surface area contributed by atoms with E-state index in [4.69, 9.17) is 21.1 Å². The van der Waals surface area contributed by atoms with E-state index in [-0.39, 0.29) is 10.6 Å². The number of ether oxygens (including phenoxy) is 2. The second kappa shape index (κ2) is 11.2. The normalized spacial score (nSPS) is 12.9. The van der Waals surface area contributed by atoms with Crippen LogP contribution in [0.1, 0.15) is 48.1 Å². The maximum atomic E-state index is 9.89. The molecule has 5 heteroatoms. The van der Waals surface area contributed by atoms with Crippen LogP contribution in [-0.2, 0) is 6.42 Å². The number of thioether (sulfide) groups is 1. The van der Waals surface area contributed by atoms with Gasteiger partial charge in [0.25, 0.3) is 0 Å². The number of rotatable bonds is 10. The summed E-state index contributed by atoms with van der Waals surface area (Å²) in [6.07, 6.45) is 3.82. The second-order valence-corrected chi connectivity index (χ2v) is 8.76. The molecule has 2 rings (SSSR count). The van der Waals surface area contributed by atoms with Crippen molar-refractivity contribution in [2.24, 2.45) is 0 Å². The summed E-state index contributed by atoms with van der Waals surface area (Å²) in [7, 11) is 3.29. The zero-order chi connectivity index (χ0) is 20.5. The molecule has 0 aliphatic carbocycles. The Bertz CT molecular complexity index is 799. The molecule has 0 bridgehead atoms. The monoisotopic (exact) mass is 417 g/mol. The molecule has 0 saturated heterocycles. The highest BCUT2D eigenvalue weighted by Gasteiger charge is 2.22. The predicted octanol–water partition coefficient (Wildman–Crippen LogP) is 6.71. The number of hydrogen-bond acceptors (Lipinski definition) is 4. The minimum atomic E-state index is -0.315. The van der Waals surface area contributed by atoms with Crippen molar-refractivity contribution in [3.63, 3.8) is 0 Å². The molecule has 0 aromatic heterocycles. The van der Waals surface area contributed by atoms with Crippen molar-refractivity contribution in [2.45, 2.75) is 55.1 Å². The Morgan fingerprint density at radius 2 is 1.79 bits per heavy atom. The van der Waals surface area contributed by atoms with Crippen molar-refractivity contribution in [2.75, 3.05) is 14.2 Å². The summed E-state index contributed by atoms with van der Waals surface area (Å²) in [5.74, 6) is 1.42. The third kappa shape index (κ3) is 6.09. The number of methoxy groups -OCH3 is 2. The second-order valence-electron chi connectivity index (χ2n) is 6.84. The molecule has 0 spiro atoms. The van der Waals surface area contributed by atoms with Crippen LogP contribution in [0, 0.1) is 18.3 Å². The minimum absolute atomic E-state index is 0.177. The van der Waals surface area contributed by atoms with Crippen molar-refractivity contribution >= 4 is 23.4 Å². The third-order valence-electron chi connectivity index (χ3n) is 4.64. The van der Waals surface area contributed by atoms with E-state index in [0.29, 0.717) is 5.75 Å². The summed E-state index contributed by atoms with van der Waals surface area (Å²) >= 11 is 7.64. The van der Waals surface area contributed by atoms with Crippen LogP contribution >= 0.6 is 23.4 Å². The van der Waals surface area contributed by atoms with Crippen LogP contribution in [0.5, 0.6) is 11.5 Å². The van der Waals surface area contributed by atoms with Gasteiger partial charge < -0.3 is 9.47 Å². The van der Waals surface area contributed by atoms with Gasteiger partial charge in [0.1, 0.15) is 5.25 Å². The molecular weight excluding hydrogens is 390 g/mol. The van der Waals surface area contributed by atoms with Gasteiger partial charge >= 0.3 is 0 Å². The van der Waals surface area contributed by atoms with Gasteiger partial charge in [-0.1, -0.05) is 30.2 Å². The van der Waals surface area contributed by atoms with Gasteiger partial charge in [0, 0.05) is 15.8 Å². The summed E-state index contributed by atoms with van der Waals surface area (Å²) in [5, 5.41) is 9.76. The van der Waals surface area contributed by atoms with Crippen LogP contribution in [0.2, 0.25) is 0 Å². The molecule has 2 atom stereocenters. The fourth-order valence-corrected chi connectivity index (χ4v) is 4.27. The average molecular weight is 418 g/mol. The summed E-state index contributed by atoms with van der Waals surface area (Å²) < 4.78 is 11.2. The van der Waals surface area contributed by atoms with E-state index in [1.165, 1.54) is 5.56 Å². The molecular formula is C23H28ClNO2S. The van der Waals surface area contributed by atoms with Gasteiger partial charge in [-0.15, -0.1) is 23.4 Å². The van der Waals surface area contributed by atoms with Gasteiger partial charge in [-0.2, -0.15) is 5.26 Å². The quantitative estimate of drug-likeness (QED) is 0.245. The number of alkyl halides is 1. The lowest BCUT2D eigenvalue weighted by atomic mass is 9.97. The Kier molecular flexibility index (Phi) is 9.02. The topological polar surface area (TPSA) is 42.2 Å². The number of unbranched alkanes of at least 4 members (excludes halogenated alkanes) is 1. The van der Waals surface area contributed by atoms with Crippen LogP contribution in [0.3, 0.4) is 0 Å². The molecule has 0 fully saturated rings. The minimum Gasteiger partial charge on any atom is -0.493 e. The maximum Gasteiger partial charge on any atom is 0.164 e. The molecule has 2 aromatic rings. The lowest BCUT2D eigenvalue weighted by Gasteiger charge is -2.20. The smallest absolute Gasteiger partial charge is 0.164 e. The van der Waals surface area contributed by atoms with Crippen LogP contribution < -0.4 is 9.47 Å². The fourth-order valence-electron chi connectivity index (χ4n) is 3.15. The molecule has 0 radical (unpaired) electrons. The lowest BCUT2D eigenvalue weighted by molar-refractivity contribution is 0.350. The summed E-state index contributed by atoms with van der Waals surface area (Å²) in [6.45, 7) is 4.08. The Balaban J connectivity index is 2.33. The van der Waals surface area contributed by atoms with Gasteiger partial charge in [0.05, 0.1) is 20.3 Å². The van der Waals surface area contributed by atoms with Gasteiger partial charge in [0.2, 0.25) is 0 Å². The molecule has 2 unspecified atom stereocenters. The summed E-state index contributed by atoms with van der Waals surface area (Å²) in [4.78, 5) is 1.08. The molecule has 0 aliphatic rings. The van der Waals surface area contributed by atoms with Crippen molar-refractivity contribution in [3.8, 4) is 17.6 Å². The lowest BCUT2D eigenvalue weighted by Crippen LogP contribution is -2.04. The highest BCUT2D eigenvalue weighted by molar-refractivity contribution is 7.99. The average Bonchev–Trinajstić information content (AvgIpc) is 2.70. The number of hydrogen-bond donors (Lipinski definition) is 0. The Morgan fingerprint density at radius 1 is 1.07 bits per heavy atom. The Labute approximate surface area is 178 Å². The maximum absolute atomic E-state index is 9.89. The van der Waals surface area contributed by atoms with Crippen LogP contribution in [0.15, 0.2) is 41.3 Å². The van der Waals surface area contributed by atoms with E-state index >= 15 is 0 Å². The van der Waals surface area contributed by atoms with E-state index in [1.54, 1.807) is 26.0 Å². The van der Waals surface area contributed by atoms with Crippen LogP contribution in [-0.4, -0.2) is 19.6 Å². The molecule has 0 N–H and O–H groups in total. The van der Waals surface area contributed by atoms with Crippen molar-refractivity contribution in [3.05, 3.63) is 53.1 Å². The molecule has 0 saturated carbocycles. The number of aryl methyl sites for hydroxylation is 1. The zero-order valence-electron chi connectivity index (χ0n) is 17.0. The van der Waals surface area contributed by atoms with Crippen molar-refractivity contribution < 1.29 is 9.47 Å². The third-order valence-corrected chi connectivity index (χ3v) is 6.00. The SMILES string of the molecule is COc1ccc(C(C#N)Sc2ccc(C)cc2)c(CCCCC(C)Cl)c1OC. The standard InChI is InChI=1S/C23H28ClNO2S/c1-16-9-11-18(12-10-16)28-22(15-25)19-13-14-21(26-3)23(27-4)20(19)8-6-5-7-17(2)24/h9-14,17,22H,5-8H2,1-4H3.